The van der Waals surface area contributed by atoms with Crippen LogP contribution in [0.2, 0.25) is 39.3 Å². The van der Waals surface area contributed by atoms with E-state index in [0.717, 1.165) is 5.56 Å². The molecule has 3 aliphatic carbocycles. The van der Waals surface area contributed by atoms with Crippen molar-refractivity contribution in [2.45, 2.75) is 51.1 Å². The van der Waals surface area contributed by atoms with Crippen LogP contribution in [0.3, 0.4) is 0 Å². The molecule has 0 radical (unpaired) electrons. The van der Waals surface area contributed by atoms with Crippen LogP contribution in [0.4, 0.5) is 0 Å². The van der Waals surface area contributed by atoms with Crippen molar-refractivity contribution >= 4 is 16.1 Å². The number of hydrogen-bond acceptors (Lipinski definition) is 0. The number of rotatable bonds is 0. The lowest BCUT2D eigenvalue weighted by molar-refractivity contribution is 0.752. The van der Waals surface area contributed by atoms with Gasteiger partial charge in [0.05, 0.1) is 0 Å². The van der Waals surface area contributed by atoms with Crippen molar-refractivity contribution in [2.75, 3.05) is 0 Å². The maximum absolute atomic E-state index is 3.69. The topological polar surface area (TPSA) is 0 Å². The molecule has 2 heteroatoms. The van der Waals surface area contributed by atoms with Gasteiger partial charge in [0.25, 0.3) is 0 Å². The third-order valence-corrected chi connectivity index (χ3v) is 8.00. The van der Waals surface area contributed by atoms with Gasteiger partial charge in [0, 0.05) is 23.0 Å². The first-order chi connectivity index (χ1) is 15.1. The molecule has 158 valence electrons. The Kier molecular flexibility index (Phi) is 4.86. The monoisotopic (exact) mass is 446 g/mol. The molecule has 0 atom stereocenters. The van der Waals surface area contributed by atoms with Crippen LogP contribution >= 0.6 is 0 Å². The summed E-state index contributed by atoms with van der Waals surface area (Å²) in [7, 11) is -3.02. The van der Waals surface area contributed by atoms with E-state index in [1.165, 1.54) is 38.9 Å². The maximum atomic E-state index is 3.69. The van der Waals surface area contributed by atoms with Crippen LogP contribution < -0.4 is 0 Å². The van der Waals surface area contributed by atoms with Crippen molar-refractivity contribution in [3.63, 3.8) is 0 Å². The first-order valence-corrected chi connectivity index (χ1v) is 18.5. The van der Waals surface area contributed by atoms with Crippen molar-refractivity contribution in [1.29, 1.82) is 0 Å². The third kappa shape index (κ3) is 3.59. The molecule has 32 heavy (non-hydrogen) atoms. The quantitative estimate of drug-likeness (QED) is 0.175. The molecule has 6 rings (SSSR count). The molecule has 0 nitrogen and oxygen atoms in total. The number of hydrogen-bond donors (Lipinski definition) is 0. The summed E-state index contributed by atoms with van der Waals surface area (Å²) in [6.45, 7) is 13.9. The summed E-state index contributed by atoms with van der Waals surface area (Å²) >= 11 is 0. The zero-order valence-electron chi connectivity index (χ0n) is 19.9. The summed E-state index contributed by atoms with van der Waals surface area (Å²) in [5, 5.41) is 0. The van der Waals surface area contributed by atoms with Gasteiger partial charge in [0.2, 0.25) is 0 Å². The van der Waals surface area contributed by atoms with Gasteiger partial charge in [-0.05, 0) is 39.4 Å². The molecule has 0 aromatic heterocycles. The molecule has 0 saturated carbocycles. The van der Waals surface area contributed by atoms with E-state index in [-0.39, 0.29) is 11.8 Å². The minimum absolute atomic E-state index is 0.238. The summed E-state index contributed by atoms with van der Waals surface area (Å²) in [6, 6.07) is 22.6. The van der Waals surface area contributed by atoms with E-state index >= 15 is 0 Å². The van der Waals surface area contributed by atoms with E-state index in [4.69, 9.17) is 0 Å². The van der Waals surface area contributed by atoms with Crippen molar-refractivity contribution in [3.8, 4) is 22.9 Å². The zero-order chi connectivity index (χ0) is 22.7. The molecule has 0 amide bonds. The summed E-state index contributed by atoms with van der Waals surface area (Å²) in [5.74, 6) is 7.78. The smallest absolute Gasteiger partial charge is 0.127 e. The molecule has 0 unspecified atom stereocenters. The Morgan fingerprint density at radius 3 is 1.50 bits per heavy atom. The Balaban J connectivity index is 1.84. The highest BCUT2D eigenvalue weighted by atomic mass is 28.3. The van der Waals surface area contributed by atoms with E-state index in [0.29, 0.717) is 0 Å². The van der Waals surface area contributed by atoms with Crippen molar-refractivity contribution in [1.82, 2.24) is 0 Å². The van der Waals surface area contributed by atoms with Gasteiger partial charge in [0.15, 0.2) is 0 Å². The normalized spacial score (nSPS) is 17.8. The number of benzene rings is 3. The highest BCUT2D eigenvalue weighted by molar-refractivity contribution is 6.84. The Hall–Kier alpha value is -2.79. The molecule has 0 N–H and O–H groups in total. The molecule has 0 spiro atoms. The van der Waals surface area contributed by atoms with E-state index in [1.54, 1.807) is 0 Å². The summed E-state index contributed by atoms with van der Waals surface area (Å²) in [4.78, 5) is 0. The van der Waals surface area contributed by atoms with Crippen LogP contribution in [-0.4, -0.2) is 16.1 Å². The molecule has 0 fully saturated rings. The van der Waals surface area contributed by atoms with E-state index < -0.39 is 16.1 Å². The molecule has 2 bridgehead atoms. The Labute approximate surface area is 195 Å². The van der Waals surface area contributed by atoms with Gasteiger partial charge in [-0.2, -0.15) is 0 Å². The first kappa shape index (κ1) is 21.1. The third-order valence-electron chi connectivity index (χ3n) is 6.25. The Morgan fingerprint density at radius 1 is 0.531 bits per heavy atom. The molecule has 0 saturated heterocycles. The fourth-order valence-electron chi connectivity index (χ4n) is 5.00. The van der Waals surface area contributed by atoms with Gasteiger partial charge in [-0.3, -0.25) is 0 Å². The second-order valence-electron chi connectivity index (χ2n) is 11.1. The molecular weight excluding hydrogens is 417 g/mol. The van der Waals surface area contributed by atoms with Gasteiger partial charge in [-0.1, -0.05) is 106 Å². The summed E-state index contributed by atoms with van der Waals surface area (Å²) in [5.41, 5.74) is 18.2. The fraction of sp³-hybridized carbons (Fsp3) is 0.267. The molecule has 0 aliphatic heterocycles. The van der Waals surface area contributed by atoms with Gasteiger partial charge in [-0.25, -0.2) is 0 Å². The minimum Gasteiger partial charge on any atom is -0.127 e. The van der Waals surface area contributed by atoms with E-state index in [1.807, 2.05) is 0 Å². The van der Waals surface area contributed by atoms with Crippen LogP contribution in [0.25, 0.3) is 0 Å². The Morgan fingerprint density at radius 2 is 1.00 bits per heavy atom. The highest BCUT2D eigenvalue weighted by Gasteiger charge is 2.42. The van der Waals surface area contributed by atoms with Gasteiger partial charge >= 0.3 is 0 Å². The van der Waals surface area contributed by atoms with Crippen LogP contribution in [0, 0.1) is 22.9 Å². The fourth-order valence-corrected chi connectivity index (χ4v) is 6.01. The lowest BCUT2D eigenvalue weighted by Crippen LogP contribution is -2.28. The highest BCUT2D eigenvalue weighted by Crippen LogP contribution is 2.56. The predicted molar refractivity (Wildman–Crippen MR) is 142 cm³/mol. The molecular formula is C30H30Si2. The lowest BCUT2D eigenvalue weighted by Gasteiger charge is -2.42. The van der Waals surface area contributed by atoms with Crippen LogP contribution in [0.1, 0.15) is 56.3 Å². The van der Waals surface area contributed by atoms with Crippen LogP contribution in [-0.2, 0) is 0 Å². The summed E-state index contributed by atoms with van der Waals surface area (Å²) < 4.78 is 0. The lowest BCUT2D eigenvalue weighted by atomic mass is 9.60. The second-order valence-corrected chi connectivity index (χ2v) is 20.6. The molecule has 3 aromatic rings. The van der Waals surface area contributed by atoms with Crippen molar-refractivity contribution in [3.05, 3.63) is 105 Å². The summed E-state index contributed by atoms with van der Waals surface area (Å²) in [6.07, 6.45) is 0. The van der Waals surface area contributed by atoms with Gasteiger partial charge in [0.1, 0.15) is 16.1 Å². The zero-order valence-corrected chi connectivity index (χ0v) is 21.9. The predicted octanol–water partition coefficient (Wildman–Crippen LogP) is 7.13. The van der Waals surface area contributed by atoms with Crippen LogP contribution in [0.5, 0.6) is 0 Å². The minimum atomic E-state index is -1.53. The standard InChI is InChI=1S/C30H30Si2/c1-31(2,3)19-17-21-15-16-27-28-23-11-7-9-13-25(23)30(26-14-10-8-12-24(26)28)29(27)22(21)18-20-32(4,5)6/h7-16,28,30H,1-6H3. The average Bonchev–Trinajstić information content (AvgIpc) is 2.74. The maximum Gasteiger partial charge on any atom is 0.129 e. The van der Waals surface area contributed by atoms with Gasteiger partial charge in [-0.15, -0.1) is 11.1 Å². The van der Waals surface area contributed by atoms with Gasteiger partial charge < -0.3 is 0 Å². The Bertz CT molecular complexity index is 1310. The molecule has 3 aliphatic rings. The van der Waals surface area contributed by atoms with Crippen LogP contribution in [0.15, 0.2) is 60.7 Å². The van der Waals surface area contributed by atoms with E-state index in [9.17, 15) is 0 Å². The first-order valence-electron chi connectivity index (χ1n) is 11.5. The largest absolute Gasteiger partial charge is 0.129 e. The molecule has 3 aromatic carbocycles. The second kappa shape index (κ2) is 7.38. The average molecular weight is 447 g/mol. The molecule has 0 heterocycles. The van der Waals surface area contributed by atoms with E-state index in [2.05, 4.69) is 123 Å². The van der Waals surface area contributed by atoms with Crippen molar-refractivity contribution in [2.24, 2.45) is 0 Å². The SMILES string of the molecule is C[Si](C)(C)C#Cc1ccc2c(c1C#C[Si](C)(C)C)C1c3ccccc3C2c2ccccc21. The van der Waals surface area contributed by atoms with Crippen molar-refractivity contribution < 1.29 is 0 Å².